The third-order valence-electron chi connectivity index (χ3n) is 4.30. The Kier molecular flexibility index (Phi) is 3.42. The fourth-order valence-electron chi connectivity index (χ4n) is 2.88. The molecular weight excluding hydrogens is 290 g/mol. The van der Waals surface area contributed by atoms with Gasteiger partial charge in [-0.15, -0.1) is 0 Å². The van der Waals surface area contributed by atoms with Crippen LogP contribution in [0, 0.1) is 5.92 Å². The molecule has 1 saturated heterocycles. The number of likely N-dealkylation sites (tertiary alicyclic amines) is 1. The van der Waals surface area contributed by atoms with Crippen molar-refractivity contribution in [3.05, 3.63) is 34.3 Å². The summed E-state index contributed by atoms with van der Waals surface area (Å²) in [5.41, 5.74) is 1.36. The Balaban J connectivity index is 1.64. The highest BCUT2D eigenvalue weighted by molar-refractivity contribution is 9.10. The molecule has 0 radical (unpaired) electrons. The zero-order valence-electron chi connectivity index (χ0n) is 10.4. The van der Waals surface area contributed by atoms with Crippen LogP contribution in [0.25, 0.3) is 0 Å². The van der Waals surface area contributed by atoms with Crippen LogP contribution in [-0.2, 0) is 4.79 Å². The molecule has 1 amide bonds. The van der Waals surface area contributed by atoms with Crippen LogP contribution >= 0.6 is 15.9 Å². The van der Waals surface area contributed by atoms with E-state index in [0.29, 0.717) is 17.7 Å². The number of hydrogen-bond acceptors (Lipinski definition) is 1. The first-order valence-electron chi connectivity index (χ1n) is 6.78. The molecule has 2 fully saturated rings. The molecule has 1 atom stereocenters. The van der Waals surface area contributed by atoms with Crippen molar-refractivity contribution in [1.29, 1.82) is 0 Å². The van der Waals surface area contributed by atoms with Gasteiger partial charge in [-0.3, -0.25) is 4.79 Å². The largest absolute Gasteiger partial charge is 0.342 e. The van der Waals surface area contributed by atoms with Crippen LogP contribution in [0.3, 0.4) is 0 Å². The normalized spacial score (nSPS) is 24.1. The van der Waals surface area contributed by atoms with E-state index in [0.717, 1.165) is 36.8 Å². The van der Waals surface area contributed by atoms with Gasteiger partial charge in [0.15, 0.2) is 0 Å². The summed E-state index contributed by atoms with van der Waals surface area (Å²) in [7, 11) is 0. The Morgan fingerprint density at radius 3 is 2.50 bits per heavy atom. The summed E-state index contributed by atoms with van der Waals surface area (Å²) < 4.78 is 1.12. The van der Waals surface area contributed by atoms with Crippen molar-refractivity contribution in [2.45, 2.75) is 31.6 Å². The zero-order valence-corrected chi connectivity index (χ0v) is 12.0. The molecule has 1 aromatic rings. The van der Waals surface area contributed by atoms with Crippen molar-refractivity contribution in [3.8, 4) is 0 Å². The number of nitrogens with zero attached hydrogens (tertiary/aromatic N) is 1. The molecule has 0 bridgehead atoms. The lowest BCUT2D eigenvalue weighted by molar-refractivity contribution is -0.137. The first-order valence-corrected chi connectivity index (χ1v) is 7.57. The lowest BCUT2D eigenvalue weighted by atomic mass is 9.84. The van der Waals surface area contributed by atoms with E-state index < -0.39 is 0 Å². The predicted molar refractivity (Wildman–Crippen MR) is 75.4 cm³/mol. The van der Waals surface area contributed by atoms with Crippen LogP contribution in [0.1, 0.15) is 37.2 Å². The molecule has 1 saturated carbocycles. The number of rotatable bonds is 2. The Labute approximate surface area is 116 Å². The molecule has 1 aliphatic heterocycles. The molecule has 0 spiro atoms. The van der Waals surface area contributed by atoms with Crippen molar-refractivity contribution in [2.75, 3.05) is 13.1 Å². The van der Waals surface area contributed by atoms with Crippen LogP contribution in [0.2, 0.25) is 0 Å². The maximum absolute atomic E-state index is 12.2. The zero-order chi connectivity index (χ0) is 12.5. The Hall–Kier alpha value is -0.830. The van der Waals surface area contributed by atoms with E-state index in [1.165, 1.54) is 12.0 Å². The quantitative estimate of drug-likeness (QED) is 0.818. The summed E-state index contributed by atoms with van der Waals surface area (Å²) in [6.07, 6.45) is 4.57. The lowest BCUT2D eigenvalue weighted by Crippen LogP contribution is -2.37. The first kappa shape index (κ1) is 12.2. The third-order valence-corrected chi connectivity index (χ3v) is 4.82. The van der Waals surface area contributed by atoms with Gasteiger partial charge in [0.2, 0.25) is 5.91 Å². The molecule has 2 nitrogen and oxygen atoms in total. The summed E-state index contributed by atoms with van der Waals surface area (Å²) in [6, 6.07) is 8.52. The topological polar surface area (TPSA) is 20.3 Å². The standard InChI is InChI=1S/C15H18BrNO/c16-14-6-4-11(5-7-14)13-8-9-17(10-13)15(18)12-2-1-3-12/h4-7,12-13H,1-3,8-10H2. The first-order chi connectivity index (χ1) is 8.74. The van der Waals surface area contributed by atoms with Crippen molar-refractivity contribution in [1.82, 2.24) is 4.90 Å². The number of carbonyl (C=O) groups is 1. The van der Waals surface area contributed by atoms with Gasteiger partial charge in [0.25, 0.3) is 0 Å². The summed E-state index contributed by atoms with van der Waals surface area (Å²) in [5, 5.41) is 0. The molecule has 3 rings (SSSR count). The molecule has 96 valence electrons. The second kappa shape index (κ2) is 5.04. The summed E-state index contributed by atoms with van der Waals surface area (Å²) in [5.74, 6) is 1.27. The van der Waals surface area contributed by atoms with E-state index >= 15 is 0 Å². The van der Waals surface area contributed by atoms with Crippen LogP contribution in [0.5, 0.6) is 0 Å². The molecule has 1 aromatic carbocycles. The number of halogens is 1. The molecule has 0 aromatic heterocycles. The highest BCUT2D eigenvalue weighted by Gasteiger charge is 2.33. The van der Waals surface area contributed by atoms with E-state index in [4.69, 9.17) is 0 Å². The average Bonchev–Trinajstić information content (AvgIpc) is 2.77. The van der Waals surface area contributed by atoms with Gasteiger partial charge in [-0.05, 0) is 37.0 Å². The SMILES string of the molecule is O=C(C1CCC1)N1CCC(c2ccc(Br)cc2)C1. The van der Waals surface area contributed by atoms with Crippen molar-refractivity contribution >= 4 is 21.8 Å². The molecule has 18 heavy (non-hydrogen) atoms. The maximum atomic E-state index is 12.2. The predicted octanol–water partition coefficient (Wildman–Crippen LogP) is 3.57. The lowest BCUT2D eigenvalue weighted by Gasteiger charge is -2.29. The second-order valence-corrected chi connectivity index (χ2v) is 6.36. The molecule has 0 N–H and O–H groups in total. The van der Waals surface area contributed by atoms with Gasteiger partial charge in [0, 0.05) is 29.4 Å². The van der Waals surface area contributed by atoms with Crippen molar-refractivity contribution in [3.63, 3.8) is 0 Å². The van der Waals surface area contributed by atoms with Gasteiger partial charge in [-0.2, -0.15) is 0 Å². The highest BCUT2D eigenvalue weighted by atomic mass is 79.9. The number of carbonyl (C=O) groups excluding carboxylic acids is 1. The fraction of sp³-hybridized carbons (Fsp3) is 0.533. The van der Waals surface area contributed by atoms with E-state index in [2.05, 4.69) is 45.1 Å². The van der Waals surface area contributed by atoms with Gasteiger partial charge in [0.1, 0.15) is 0 Å². The van der Waals surface area contributed by atoms with Crippen LogP contribution in [0.4, 0.5) is 0 Å². The van der Waals surface area contributed by atoms with Gasteiger partial charge >= 0.3 is 0 Å². The molecule has 2 aliphatic rings. The van der Waals surface area contributed by atoms with Gasteiger partial charge < -0.3 is 4.90 Å². The van der Waals surface area contributed by atoms with Gasteiger partial charge in [0.05, 0.1) is 0 Å². The third kappa shape index (κ3) is 2.33. The molecular formula is C15H18BrNO. The average molecular weight is 308 g/mol. The summed E-state index contributed by atoms with van der Waals surface area (Å²) in [4.78, 5) is 14.3. The van der Waals surface area contributed by atoms with Crippen LogP contribution in [0.15, 0.2) is 28.7 Å². The minimum Gasteiger partial charge on any atom is -0.342 e. The van der Waals surface area contributed by atoms with Crippen LogP contribution in [-0.4, -0.2) is 23.9 Å². The Bertz CT molecular complexity index is 438. The van der Waals surface area contributed by atoms with E-state index in [1.807, 2.05) is 0 Å². The van der Waals surface area contributed by atoms with Gasteiger partial charge in [-0.1, -0.05) is 34.5 Å². The van der Waals surface area contributed by atoms with E-state index in [-0.39, 0.29) is 0 Å². The minimum atomic E-state index is 0.341. The van der Waals surface area contributed by atoms with Crippen LogP contribution < -0.4 is 0 Å². The molecule has 1 heterocycles. The monoisotopic (exact) mass is 307 g/mol. The second-order valence-electron chi connectivity index (χ2n) is 5.45. The fourth-order valence-corrected chi connectivity index (χ4v) is 3.15. The Morgan fingerprint density at radius 1 is 1.17 bits per heavy atom. The molecule has 1 aliphatic carbocycles. The van der Waals surface area contributed by atoms with Crippen molar-refractivity contribution < 1.29 is 4.79 Å². The van der Waals surface area contributed by atoms with E-state index in [1.54, 1.807) is 0 Å². The number of amides is 1. The Morgan fingerprint density at radius 2 is 1.89 bits per heavy atom. The molecule has 1 unspecified atom stereocenters. The highest BCUT2D eigenvalue weighted by Crippen LogP contribution is 2.33. The molecule has 3 heteroatoms. The number of hydrogen-bond donors (Lipinski definition) is 0. The number of benzene rings is 1. The summed E-state index contributed by atoms with van der Waals surface area (Å²) >= 11 is 3.46. The summed E-state index contributed by atoms with van der Waals surface area (Å²) in [6.45, 7) is 1.85. The maximum Gasteiger partial charge on any atom is 0.225 e. The van der Waals surface area contributed by atoms with Gasteiger partial charge in [-0.25, -0.2) is 0 Å². The minimum absolute atomic E-state index is 0.341. The smallest absolute Gasteiger partial charge is 0.225 e. The van der Waals surface area contributed by atoms with Crippen molar-refractivity contribution in [2.24, 2.45) is 5.92 Å². The van der Waals surface area contributed by atoms with E-state index in [9.17, 15) is 4.79 Å².